The molecule has 0 spiro atoms. The smallest absolute Gasteiger partial charge is 0.242 e. The van der Waals surface area contributed by atoms with Gasteiger partial charge >= 0.3 is 0 Å². The van der Waals surface area contributed by atoms with Crippen molar-refractivity contribution in [2.75, 3.05) is 50.1 Å². The highest BCUT2D eigenvalue weighted by molar-refractivity contribution is 5.76. The number of carbonyl (C=O) groups excluding carboxylic acids is 1. The number of hydrogen-bond acceptors (Lipinski definition) is 5. The molecule has 1 amide bonds. The molecule has 1 saturated heterocycles. The summed E-state index contributed by atoms with van der Waals surface area (Å²) in [5.41, 5.74) is 1.03. The van der Waals surface area contributed by atoms with Gasteiger partial charge in [0.05, 0.1) is 11.9 Å². The number of amides is 1. The molecule has 122 valence electrons. The molecule has 2 aromatic rings. The van der Waals surface area contributed by atoms with Gasteiger partial charge in [-0.15, -0.1) is 5.10 Å². The first-order valence-electron chi connectivity index (χ1n) is 7.77. The summed E-state index contributed by atoms with van der Waals surface area (Å²) in [4.78, 5) is 18.4. The van der Waals surface area contributed by atoms with E-state index in [1.54, 1.807) is 6.20 Å². The van der Waals surface area contributed by atoms with E-state index in [0.717, 1.165) is 24.6 Å². The molecule has 0 aliphatic carbocycles. The number of hydrogen-bond donors (Lipinski definition) is 0. The molecular formula is C16H22N6O. The minimum Gasteiger partial charge on any atom is -0.376 e. The average Bonchev–Trinajstić information content (AvgIpc) is 3.08. The topological polar surface area (TPSA) is 57.5 Å². The van der Waals surface area contributed by atoms with Crippen molar-refractivity contribution >= 4 is 17.4 Å². The number of anilines is 2. The summed E-state index contributed by atoms with van der Waals surface area (Å²) in [5.74, 6) is 1.03. The SMILES string of the molecule is CN(C)c1cnnc(N2CCN(C(=O)Cn3cccc3)CC2)c1. The largest absolute Gasteiger partial charge is 0.376 e. The summed E-state index contributed by atoms with van der Waals surface area (Å²) in [7, 11) is 3.97. The third-order valence-corrected chi connectivity index (χ3v) is 4.08. The molecule has 3 rings (SSSR count). The monoisotopic (exact) mass is 314 g/mol. The van der Waals surface area contributed by atoms with E-state index in [9.17, 15) is 4.79 Å². The minimum atomic E-state index is 0.161. The number of aromatic nitrogens is 3. The number of nitrogens with zero attached hydrogens (tertiary/aromatic N) is 6. The summed E-state index contributed by atoms with van der Waals surface area (Å²) in [6, 6.07) is 5.90. The van der Waals surface area contributed by atoms with Crippen molar-refractivity contribution in [1.82, 2.24) is 19.7 Å². The number of rotatable bonds is 4. The van der Waals surface area contributed by atoms with Crippen LogP contribution < -0.4 is 9.80 Å². The lowest BCUT2D eigenvalue weighted by Gasteiger charge is -2.35. The first-order valence-corrected chi connectivity index (χ1v) is 7.77. The Hall–Kier alpha value is -2.57. The fourth-order valence-corrected chi connectivity index (χ4v) is 2.66. The second-order valence-corrected chi connectivity index (χ2v) is 5.89. The standard InChI is InChI=1S/C16H22N6O/c1-19(2)14-11-15(18-17-12-14)21-7-9-22(10-8-21)16(23)13-20-5-3-4-6-20/h3-6,11-12H,7-10,13H2,1-2H3. The van der Waals surface area contributed by atoms with Crippen molar-refractivity contribution < 1.29 is 4.79 Å². The summed E-state index contributed by atoms with van der Waals surface area (Å²) in [6.45, 7) is 3.40. The molecule has 0 atom stereocenters. The van der Waals surface area contributed by atoms with Gasteiger partial charge in [-0.25, -0.2) is 0 Å². The second-order valence-electron chi connectivity index (χ2n) is 5.89. The third kappa shape index (κ3) is 3.61. The van der Waals surface area contributed by atoms with Crippen LogP contribution in [-0.2, 0) is 11.3 Å². The highest BCUT2D eigenvalue weighted by atomic mass is 16.2. The Labute approximate surface area is 136 Å². The second kappa shape index (κ2) is 6.68. The minimum absolute atomic E-state index is 0.161. The van der Waals surface area contributed by atoms with Gasteiger partial charge < -0.3 is 19.3 Å². The molecular weight excluding hydrogens is 292 g/mol. The number of piperazine rings is 1. The fraction of sp³-hybridized carbons (Fsp3) is 0.438. The Morgan fingerprint density at radius 1 is 1.17 bits per heavy atom. The Bertz CT molecular complexity index is 646. The molecule has 23 heavy (non-hydrogen) atoms. The third-order valence-electron chi connectivity index (χ3n) is 4.08. The first-order chi connectivity index (χ1) is 11.1. The van der Waals surface area contributed by atoms with Crippen molar-refractivity contribution in [3.05, 3.63) is 36.8 Å². The fourth-order valence-electron chi connectivity index (χ4n) is 2.66. The van der Waals surface area contributed by atoms with Crippen LogP contribution >= 0.6 is 0 Å². The van der Waals surface area contributed by atoms with E-state index in [4.69, 9.17) is 0 Å². The first kappa shape index (κ1) is 15.3. The highest BCUT2D eigenvalue weighted by Gasteiger charge is 2.22. The van der Waals surface area contributed by atoms with E-state index in [-0.39, 0.29) is 5.91 Å². The molecule has 1 aliphatic rings. The lowest BCUT2D eigenvalue weighted by Crippen LogP contribution is -2.49. The van der Waals surface area contributed by atoms with Crippen LogP contribution in [0.3, 0.4) is 0 Å². The predicted octanol–water partition coefficient (Wildman–Crippen LogP) is 0.693. The zero-order valence-corrected chi connectivity index (χ0v) is 13.6. The lowest BCUT2D eigenvalue weighted by atomic mass is 10.3. The molecule has 7 heteroatoms. The molecule has 0 aromatic carbocycles. The lowest BCUT2D eigenvalue weighted by molar-refractivity contribution is -0.132. The van der Waals surface area contributed by atoms with Crippen molar-refractivity contribution in [3.8, 4) is 0 Å². The van der Waals surface area contributed by atoms with Gasteiger partial charge in [0.25, 0.3) is 0 Å². The molecule has 0 radical (unpaired) electrons. The van der Waals surface area contributed by atoms with Gasteiger partial charge in [0.1, 0.15) is 6.54 Å². The van der Waals surface area contributed by atoms with E-state index in [2.05, 4.69) is 15.1 Å². The molecule has 0 unspecified atom stereocenters. The van der Waals surface area contributed by atoms with Crippen LogP contribution in [0.4, 0.5) is 11.5 Å². The van der Waals surface area contributed by atoms with Crippen LogP contribution in [0.1, 0.15) is 0 Å². The molecule has 0 bridgehead atoms. The maximum absolute atomic E-state index is 12.3. The van der Waals surface area contributed by atoms with Crippen LogP contribution in [0.5, 0.6) is 0 Å². The predicted molar refractivity (Wildman–Crippen MR) is 89.6 cm³/mol. The molecule has 0 N–H and O–H groups in total. The molecule has 1 fully saturated rings. The molecule has 0 saturated carbocycles. The molecule has 7 nitrogen and oxygen atoms in total. The maximum Gasteiger partial charge on any atom is 0.242 e. The highest BCUT2D eigenvalue weighted by Crippen LogP contribution is 2.18. The van der Waals surface area contributed by atoms with Crippen LogP contribution in [0.15, 0.2) is 36.8 Å². The Morgan fingerprint density at radius 2 is 1.87 bits per heavy atom. The summed E-state index contributed by atoms with van der Waals surface area (Å²) in [5, 5.41) is 8.29. The summed E-state index contributed by atoms with van der Waals surface area (Å²) >= 11 is 0. The Balaban J connectivity index is 1.58. The summed E-state index contributed by atoms with van der Waals surface area (Å²) < 4.78 is 1.90. The zero-order chi connectivity index (χ0) is 16.2. The van der Waals surface area contributed by atoms with Gasteiger partial charge in [-0.1, -0.05) is 0 Å². The van der Waals surface area contributed by atoms with E-state index in [1.807, 2.05) is 59.1 Å². The Kier molecular flexibility index (Phi) is 4.45. The van der Waals surface area contributed by atoms with Crippen LogP contribution in [0.2, 0.25) is 0 Å². The van der Waals surface area contributed by atoms with E-state index >= 15 is 0 Å². The zero-order valence-electron chi connectivity index (χ0n) is 13.6. The molecule has 1 aliphatic heterocycles. The summed E-state index contributed by atoms with van der Waals surface area (Å²) in [6.07, 6.45) is 5.58. The van der Waals surface area contributed by atoms with Crippen molar-refractivity contribution in [2.24, 2.45) is 0 Å². The van der Waals surface area contributed by atoms with E-state index in [0.29, 0.717) is 19.6 Å². The molecule has 3 heterocycles. The van der Waals surface area contributed by atoms with Gasteiger partial charge in [0.2, 0.25) is 5.91 Å². The van der Waals surface area contributed by atoms with Gasteiger partial charge in [0, 0.05) is 58.7 Å². The van der Waals surface area contributed by atoms with Crippen molar-refractivity contribution in [3.63, 3.8) is 0 Å². The van der Waals surface area contributed by atoms with Crippen molar-refractivity contribution in [2.45, 2.75) is 6.54 Å². The van der Waals surface area contributed by atoms with Gasteiger partial charge in [-0.2, -0.15) is 5.10 Å². The van der Waals surface area contributed by atoms with E-state index < -0.39 is 0 Å². The van der Waals surface area contributed by atoms with Crippen LogP contribution in [0.25, 0.3) is 0 Å². The maximum atomic E-state index is 12.3. The van der Waals surface area contributed by atoms with Gasteiger partial charge in [-0.05, 0) is 12.1 Å². The van der Waals surface area contributed by atoms with Gasteiger partial charge in [0.15, 0.2) is 5.82 Å². The Morgan fingerprint density at radius 3 is 2.52 bits per heavy atom. The van der Waals surface area contributed by atoms with Crippen LogP contribution in [-0.4, -0.2) is 65.8 Å². The van der Waals surface area contributed by atoms with Gasteiger partial charge in [-0.3, -0.25) is 4.79 Å². The quantitative estimate of drug-likeness (QED) is 0.831. The molecule has 2 aromatic heterocycles. The average molecular weight is 314 g/mol. The normalized spacial score (nSPS) is 14.9. The van der Waals surface area contributed by atoms with E-state index in [1.165, 1.54) is 0 Å². The number of carbonyl (C=O) groups is 1. The van der Waals surface area contributed by atoms with Crippen LogP contribution in [0, 0.1) is 0 Å². The van der Waals surface area contributed by atoms with Crippen molar-refractivity contribution in [1.29, 1.82) is 0 Å².